The van der Waals surface area contributed by atoms with E-state index in [1.54, 1.807) is 18.2 Å². The van der Waals surface area contributed by atoms with E-state index in [1.165, 1.54) is 11.5 Å². The molecule has 0 aliphatic carbocycles. The van der Waals surface area contributed by atoms with Crippen molar-refractivity contribution in [1.29, 1.82) is 0 Å². The molecular weight excluding hydrogens is 354 g/mol. The highest BCUT2D eigenvalue weighted by Gasteiger charge is 2.11. The molecule has 2 N–H and O–H groups in total. The summed E-state index contributed by atoms with van der Waals surface area (Å²) in [5.41, 5.74) is 0.430. The highest BCUT2D eigenvalue weighted by atomic mass is 16.5. The Balaban J connectivity index is 1.36. The maximum Gasteiger partial charge on any atom is 0.337 e. The second kappa shape index (κ2) is 9.55. The number of carbonyl (C=O) groups excluding carboxylic acids is 1. The van der Waals surface area contributed by atoms with Gasteiger partial charge in [-0.1, -0.05) is 42.5 Å². The average Bonchev–Trinajstić information content (AvgIpc) is 2.70. The lowest BCUT2D eigenvalue weighted by molar-refractivity contribution is -0.116. The largest absolute Gasteiger partial charge is 0.494 e. The minimum absolute atomic E-state index is 0.0969. The van der Waals surface area contributed by atoms with Gasteiger partial charge in [-0.2, -0.15) is 0 Å². The summed E-state index contributed by atoms with van der Waals surface area (Å²) in [5.74, 6) is -0.382. The quantitative estimate of drug-likeness (QED) is 0.508. The number of rotatable bonds is 9. The van der Waals surface area contributed by atoms with Gasteiger partial charge in [0.1, 0.15) is 5.75 Å². The smallest absolute Gasteiger partial charge is 0.337 e. The molecule has 0 aromatic heterocycles. The number of fused-ring (bicyclic) bond motifs is 1. The molecule has 0 aliphatic heterocycles. The Hall–Kier alpha value is -3.34. The van der Waals surface area contributed by atoms with Gasteiger partial charge in [0, 0.05) is 6.42 Å². The van der Waals surface area contributed by atoms with Crippen LogP contribution in [0, 0.1) is 0 Å². The minimum atomic E-state index is -1.05. The molecule has 144 valence electrons. The zero-order chi connectivity index (χ0) is 19.8. The summed E-state index contributed by atoms with van der Waals surface area (Å²) in [4.78, 5) is 23.2. The van der Waals surface area contributed by atoms with Crippen molar-refractivity contribution in [2.75, 3.05) is 11.9 Å². The third-order valence-corrected chi connectivity index (χ3v) is 4.47. The molecule has 1 amide bonds. The molecule has 0 bridgehead atoms. The Kier molecular flexibility index (Phi) is 6.63. The van der Waals surface area contributed by atoms with Crippen LogP contribution in [-0.2, 0) is 4.79 Å². The fraction of sp³-hybridized carbons (Fsp3) is 0.217. The van der Waals surface area contributed by atoms with Crippen molar-refractivity contribution in [1.82, 2.24) is 0 Å². The predicted octanol–water partition coefficient (Wildman–Crippen LogP) is 5.12. The van der Waals surface area contributed by atoms with E-state index >= 15 is 0 Å². The Morgan fingerprint density at radius 2 is 1.61 bits per heavy atom. The van der Waals surface area contributed by atoms with E-state index in [2.05, 4.69) is 17.4 Å². The monoisotopic (exact) mass is 377 g/mol. The normalized spacial score (nSPS) is 10.6. The van der Waals surface area contributed by atoms with E-state index < -0.39 is 5.97 Å². The van der Waals surface area contributed by atoms with E-state index in [-0.39, 0.29) is 11.5 Å². The van der Waals surface area contributed by atoms with Gasteiger partial charge in [-0.25, -0.2) is 4.79 Å². The molecule has 0 radical (unpaired) electrons. The van der Waals surface area contributed by atoms with Crippen LogP contribution in [0.25, 0.3) is 10.8 Å². The van der Waals surface area contributed by atoms with E-state index in [1.807, 2.05) is 30.3 Å². The van der Waals surface area contributed by atoms with Crippen LogP contribution in [0.2, 0.25) is 0 Å². The fourth-order valence-corrected chi connectivity index (χ4v) is 3.00. The van der Waals surface area contributed by atoms with Gasteiger partial charge in [0.25, 0.3) is 0 Å². The first kappa shape index (κ1) is 19.4. The van der Waals surface area contributed by atoms with E-state index in [0.29, 0.717) is 18.7 Å². The lowest BCUT2D eigenvalue weighted by Crippen LogP contribution is -2.14. The summed E-state index contributed by atoms with van der Waals surface area (Å²) in [6, 6.07) is 20.6. The standard InChI is InChI=1S/C23H23NO4/c25-22(24-21-11-6-5-10-20(21)23(26)27)12-2-1-7-15-28-19-14-13-17-8-3-4-9-18(17)16-19/h3-6,8-11,13-14,16H,1-2,7,12,15H2,(H,24,25)(H,26,27). The van der Waals surface area contributed by atoms with Gasteiger partial charge in [-0.3, -0.25) is 4.79 Å². The van der Waals surface area contributed by atoms with Gasteiger partial charge in [0.15, 0.2) is 0 Å². The lowest BCUT2D eigenvalue weighted by atomic mass is 10.1. The number of hydrogen-bond acceptors (Lipinski definition) is 3. The molecule has 0 saturated heterocycles. The molecule has 0 spiro atoms. The van der Waals surface area contributed by atoms with Crippen molar-refractivity contribution in [3.63, 3.8) is 0 Å². The molecule has 0 atom stereocenters. The fourth-order valence-electron chi connectivity index (χ4n) is 3.00. The molecule has 3 aromatic rings. The van der Waals surface area contributed by atoms with Gasteiger partial charge in [-0.05, 0) is 54.3 Å². The van der Waals surface area contributed by atoms with Crippen LogP contribution in [0.15, 0.2) is 66.7 Å². The number of benzene rings is 3. The first-order chi connectivity index (χ1) is 13.6. The summed E-state index contributed by atoms with van der Waals surface area (Å²) in [5, 5.41) is 14.2. The van der Waals surface area contributed by atoms with Gasteiger partial charge >= 0.3 is 5.97 Å². The zero-order valence-electron chi connectivity index (χ0n) is 15.6. The number of carboxylic acid groups (broad SMARTS) is 1. The molecule has 0 heterocycles. The number of carboxylic acids is 1. The van der Waals surface area contributed by atoms with E-state index in [9.17, 15) is 9.59 Å². The van der Waals surface area contributed by atoms with Crippen LogP contribution in [0.4, 0.5) is 5.69 Å². The Morgan fingerprint density at radius 3 is 2.43 bits per heavy atom. The third kappa shape index (κ3) is 5.33. The number of unbranched alkanes of at least 4 members (excludes halogenated alkanes) is 2. The number of ether oxygens (including phenoxy) is 1. The number of aromatic carboxylic acids is 1. The lowest BCUT2D eigenvalue weighted by Gasteiger charge is -2.09. The number of anilines is 1. The highest BCUT2D eigenvalue weighted by molar-refractivity contribution is 6.00. The molecule has 5 nitrogen and oxygen atoms in total. The molecule has 3 aromatic carbocycles. The number of nitrogens with one attached hydrogen (secondary N) is 1. The molecule has 0 aliphatic rings. The Labute approximate surface area is 164 Å². The maximum absolute atomic E-state index is 12.0. The minimum Gasteiger partial charge on any atom is -0.494 e. The maximum atomic E-state index is 12.0. The molecule has 5 heteroatoms. The van der Waals surface area contributed by atoms with Gasteiger partial charge in [0.05, 0.1) is 17.9 Å². The van der Waals surface area contributed by atoms with Crippen LogP contribution in [0.5, 0.6) is 5.75 Å². The summed E-state index contributed by atoms with van der Waals surface area (Å²) in [7, 11) is 0. The second-order valence-electron chi connectivity index (χ2n) is 6.57. The molecule has 3 rings (SSSR count). The second-order valence-corrected chi connectivity index (χ2v) is 6.57. The van der Waals surface area contributed by atoms with Crippen molar-refractivity contribution in [2.45, 2.75) is 25.7 Å². The summed E-state index contributed by atoms with van der Waals surface area (Å²) in [6.45, 7) is 0.599. The average molecular weight is 377 g/mol. The first-order valence-corrected chi connectivity index (χ1v) is 9.37. The summed E-state index contributed by atoms with van der Waals surface area (Å²) in [6.07, 6.45) is 2.79. The highest BCUT2D eigenvalue weighted by Crippen LogP contribution is 2.21. The van der Waals surface area contributed by atoms with Crippen LogP contribution in [-0.4, -0.2) is 23.6 Å². The zero-order valence-corrected chi connectivity index (χ0v) is 15.6. The number of hydrogen-bond donors (Lipinski definition) is 2. The van der Waals surface area contributed by atoms with Crippen molar-refractivity contribution in [3.8, 4) is 5.75 Å². The Bertz CT molecular complexity index is 967. The van der Waals surface area contributed by atoms with Crippen molar-refractivity contribution in [3.05, 3.63) is 72.3 Å². The molecule has 0 fully saturated rings. The topological polar surface area (TPSA) is 75.6 Å². The van der Waals surface area contributed by atoms with Crippen LogP contribution in [0.3, 0.4) is 0 Å². The number of para-hydroxylation sites is 1. The van der Waals surface area contributed by atoms with Crippen molar-refractivity contribution >= 4 is 28.3 Å². The first-order valence-electron chi connectivity index (χ1n) is 9.37. The molecular formula is C23H23NO4. The van der Waals surface area contributed by atoms with Crippen molar-refractivity contribution in [2.24, 2.45) is 0 Å². The molecule has 0 saturated carbocycles. The van der Waals surface area contributed by atoms with Gasteiger partial charge < -0.3 is 15.2 Å². The molecule has 28 heavy (non-hydrogen) atoms. The summed E-state index contributed by atoms with van der Waals surface area (Å²) < 4.78 is 5.79. The van der Waals surface area contributed by atoms with E-state index in [4.69, 9.17) is 9.84 Å². The summed E-state index contributed by atoms with van der Waals surface area (Å²) >= 11 is 0. The molecule has 0 unspecified atom stereocenters. The van der Waals surface area contributed by atoms with Crippen LogP contribution >= 0.6 is 0 Å². The van der Waals surface area contributed by atoms with Gasteiger partial charge in [-0.15, -0.1) is 0 Å². The Morgan fingerprint density at radius 1 is 0.857 bits per heavy atom. The SMILES string of the molecule is O=C(CCCCCOc1ccc2ccccc2c1)Nc1ccccc1C(=O)O. The third-order valence-electron chi connectivity index (χ3n) is 4.47. The predicted molar refractivity (Wildman–Crippen MR) is 110 cm³/mol. The number of amides is 1. The van der Waals surface area contributed by atoms with Crippen LogP contribution in [0.1, 0.15) is 36.0 Å². The van der Waals surface area contributed by atoms with Crippen molar-refractivity contribution < 1.29 is 19.4 Å². The number of carbonyl (C=O) groups is 2. The van der Waals surface area contributed by atoms with Crippen LogP contribution < -0.4 is 10.1 Å². The van der Waals surface area contributed by atoms with E-state index in [0.717, 1.165) is 30.4 Å². The van der Waals surface area contributed by atoms with Gasteiger partial charge in [0.2, 0.25) is 5.91 Å².